The number of carbonyl (C=O) groups is 1. The molecule has 1 amide bonds. The Hall–Kier alpha value is -2.66. The van der Waals surface area contributed by atoms with Crippen LogP contribution in [0.5, 0.6) is 5.75 Å². The third-order valence-corrected chi connectivity index (χ3v) is 5.35. The van der Waals surface area contributed by atoms with Crippen molar-refractivity contribution < 1.29 is 9.53 Å². The van der Waals surface area contributed by atoms with Crippen LogP contribution in [-0.4, -0.2) is 24.5 Å². The number of fused-ring (bicyclic) bond motifs is 2. The Labute approximate surface area is 150 Å². The van der Waals surface area contributed by atoms with Gasteiger partial charge in [0, 0.05) is 12.6 Å². The Morgan fingerprint density at radius 1 is 1.24 bits per heavy atom. The summed E-state index contributed by atoms with van der Waals surface area (Å²) in [5.41, 5.74) is 3.02. The predicted octanol–water partition coefficient (Wildman–Crippen LogP) is 4.30. The first-order valence-corrected chi connectivity index (χ1v) is 9.09. The van der Waals surface area contributed by atoms with Crippen molar-refractivity contribution in [3.05, 3.63) is 59.1 Å². The van der Waals surface area contributed by atoms with Gasteiger partial charge in [-0.05, 0) is 42.7 Å². The number of thiazole rings is 1. The van der Waals surface area contributed by atoms with Gasteiger partial charge in [-0.15, -0.1) is 11.3 Å². The van der Waals surface area contributed by atoms with Crippen LogP contribution >= 0.6 is 11.3 Å². The molecule has 1 aromatic heterocycles. The van der Waals surface area contributed by atoms with E-state index >= 15 is 0 Å². The van der Waals surface area contributed by atoms with Crippen molar-refractivity contribution in [2.24, 2.45) is 0 Å². The van der Waals surface area contributed by atoms with Gasteiger partial charge in [0.05, 0.1) is 23.0 Å². The molecule has 2 aromatic carbocycles. The summed E-state index contributed by atoms with van der Waals surface area (Å²) in [6.45, 7) is 0.705. The summed E-state index contributed by atoms with van der Waals surface area (Å²) in [6.07, 6.45) is 5.34. The van der Waals surface area contributed by atoms with Crippen molar-refractivity contribution in [3.63, 3.8) is 0 Å². The molecule has 0 spiro atoms. The molecule has 126 valence electrons. The molecule has 0 bridgehead atoms. The number of hydrogen-bond donors (Lipinski definition) is 0. The van der Waals surface area contributed by atoms with E-state index in [0.29, 0.717) is 6.54 Å². The monoisotopic (exact) mass is 350 g/mol. The van der Waals surface area contributed by atoms with Gasteiger partial charge in [-0.3, -0.25) is 4.79 Å². The van der Waals surface area contributed by atoms with E-state index in [1.54, 1.807) is 30.6 Å². The first-order valence-electron chi connectivity index (χ1n) is 8.27. The smallest absolute Gasteiger partial charge is 0.251 e. The van der Waals surface area contributed by atoms with Gasteiger partial charge in [-0.2, -0.15) is 0 Å². The Kier molecular flexibility index (Phi) is 4.24. The number of methoxy groups -OCH3 is 1. The number of nitrogens with zero attached hydrogens (tertiary/aromatic N) is 2. The highest BCUT2D eigenvalue weighted by atomic mass is 32.1. The van der Waals surface area contributed by atoms with Crippen LogP contribution in [0.15, 0.2) is 48.5 Å². The largest absolute Gasteiger partial charge is 0.495 e. The third kappa shape index (κ3) is 3.03. The summed E-state index contributed by atoms with van der Waals surface area (Å²) < 4.78 is 6.59. The molecule has 0 saturated carbocycles. The zero-order valence-corrected chi connectivity index (χ0v) is 14.8. The molecule has 4 rings (SSSR count). The standard InChI is InChI=1S/C20H18N2O2S/c1-24-16-9-4-6-14-7-5-13-22(20(14)16)19(23)12-11-18-21-15-8-2-3-10-17(15)25-18/h2-4,6,8-12H,5,7,13H2,1H3/b12-11+. The molecule has 4 nitrogen and oxygen atoms in total. The molecule has 0 saturated heterocycles. The molecule has 5 heteroatoms. The third-order valence-electron chi connectivity index (χ3n) is 4.35. The Bertz CT molecular complexity index is 914. The fraction of sp³-hybridized carbons (Fsp3) is 0.200. The van der Waals surface area contributed by atoms with Crippen LogP contribution in [0.3, 0.4) is 0 Å². The molecule has 0 atom stereocenters. The number of anilines is 1. The van der Waals surface area contributed by atoms with Crippen LogP contribution in [0.2, 0.25) is 0 Å². The highest BCUT2D eigenvalue weighted by Crippen LogP contribution is 2.36. The Morgan fingerprint density at radius 3 is 2.96 bits per heavy atom. The fourth-order valence-corrected chi connectivity index (χ4v) is 4.06. The number of aryl methyl sites for hydroxylation is 1. The number of aromatic nitrogens is 1. The van der Waals surface area contributed by atoms with Crippen molar-refractivity contribution in [3.8, 4) is 5.75 Å². The molecule has 1 aliphatic heterocycles. The summed E-state index contributed by atoms with van der Waals surface area (Å²) in [4.78, 5) is 19.1. The summed E-state index contributed by atoms with van der Waals surface area (Å²) in [7, 11) is 1.64. The maximum atomic E-state index is 12.8. The number of rotatable bonds is 3. The normalized spacial score (nSPS) is 14.0. The van der Waals surface area contributed by atoms with Gasteiger partial charge in [0.15, 0.2) is 0 Å². The second-order valence-corrected chi connectivity index (χ2v) is 6.98. The summed E-state index contributed by atoms with van der Waals surface area (Å²) in [6, 6.07) is 13.9. The van der Waals surface area contributed by atoms with E-state index < -0.39 is 0 Å². The molecule has 0 fully saturated rings. The molecule has 0 N–H and O–H groups in total. The number of para-hydroxylation sites is 2. The van der Waals surface area contributed by atoms with Gasteiger partial charge >= 0.3 is 0 Å². The lowest BCUT2D eigenvalue weighted by Crippen LogP contribution is -2.34. The number of carbonyl (C=O) groups excluding carboxylic acids is 1. The average Bonchev–Trinajstić information content (AvgIpc) is 3.08. The lowest BCUT2D eigenvalue weighted by atomic mass is 10.0. The average molecular weight is 350 g/mol. The maximum absolute atomic E-state index is 12.8. The van der Waals surface area contributed by atoms with Crippen molar-refractivity contribution in [1.82, 2.24) is 4.98 Å². The highest BCUT2D eigenvalue weighted by Gasteiger charge is 2.24. The van der Waals surface area contributed by atoms with Gasteiger partial charge in [0.1, 0.15) is 10.8 Å². The second-order valence-electron chi connectivity index (χ2n) is 5.91. The molecule has 2 heterocycles. The number of hydrogen-bond acceptors (Lipinski definition) is 4. The predicted molar refractivity (Wildman–Crippen MR) is 102 cm³/mol. The SMILES string of the molecule is COc1cccc2c1N(C(=O)/C=C/c1nc3ccccc3s1)CCC2. The molecule has 0 radical (unpaired) electrons. The van der Waals surface area contributed by atoms with Crippen molar-refractivity contribution in [2.75, 3.05) is 18.6 Å². The molecular formula is C20H18N2O2S. The van der Waals surface area contributed by atoms with Crippen LogP contribution in [-0.2, 0) is 11.2 Å². The minimum atomic E-state index is -0.0373. The first kappa shape index (κ1) is 15.8. The topological polar surface area (TPSA) is 42.4 Å². The van der Waals surface area contributed by atoms with Crippen molar-refractivity contribution in [1.29, 1.82) is 0 Å². The minimum absolute atomic E-state index is 0.0373. The van der Waals surface area contributed by atoms with Gasteiger partial charge < -0.3 is 9.64 Å². The molecule has 1 aliphatic rings. The number of ether oxygens (including phenoxy) is 1. The number of amides is 1. The van der Waals surface area contributed by atoms with Gasteiger partial charge in [0.2, 0.25) is 0 Å². The Morgan fingerprint density at radius 2 is 2.12 bits per heavy atom. The summed E-state index contributed by atoms with van der Waals surface area (Å²) >= 11 is 1.59. The Balaban J connectivity index is 1.62. The van der Waals surface area contributed by atoms with Crippen LogP contribution in [0, 0.1) is 0 Å². The lowest BCUT2D eigenvalue weighted by molar-refractivity contribution is -0.114. The van der Waals surface area contributed by atoms with E-state index in [9.17, 15) is 4.79 Å². The molecule has 3 aromatic rings. The van der Waals surface area contributed by atoms with Gasteiger partial charge in [0.25, 0.3) is 5.91 Å². The zero-order valence-electron chi connectivity index (χ0n) is 13.9. The van der Waals surface area contributed by atoms with Crippen molar-refractivity contribution >= 4 is 39.2 Å². The fourth-order valence-electron chi connectivity index (χ4n) is 3.19. The van der Waals surface area contributed by atoms with Crippen LogP contribution < -0.4 is 9.64 Å². The van der Waals surface area contributed by atoms with Crippen LogP contribution in [0.25, 0.3) is 16.3 Å². The van der Waals surface area contributed by atoms with Gasteiger partial charge in [-0.25, -0.2) is 4.98 Å². The quantitative estimate of drug-likeness (QED) is 0.662. The highest BCUT2D eigenvalue weighted by molar-refractivity contribution is 7.19. The lowest BCUT2D eigenvalue weighted by Gasteiger charge is -2.30. The van der Waals surface area contributed by atoms with Gasteiger partial charge in [-0.1, -0.05) is 24.3 Å². The molecule has 0 unspecified atom stereocenters. The maximum Gasteiger partial charge on any atom is 0.251 e. The summed E-state index contributed by atoms with van der Waals surface area (Å²) in [5, 5.41) is 0.840. The van der Waals surface area contributed by atoms with Crippen LogP contribution in [0.1, 0.15) is 17.0 Å². The van der Waals surface area contributed by atoms with Crippen LogP contribution in [0.4, 0.5) is 5.69 Å². The van der Waals surface area contributed by atoms with E-state index in [1.807, 2.05) is 41.3 Å². The molecule has 25 heavy (non-hydrogen) atoms. The first-order chi connectivity index (χ1) is 12.3. The van der Waals surface area contributed by atoms with E-state index in [-0.39, 0.29) is 5.91 Å². The number of benzene rings is 2. The van der Waals surface area contributed by atoms with Crippen molar-refractivity contribution in [2.45, 2.75) is 12.8 Å². The summed E-state index contributed by atoms with van der Waals surface area (Å²) in [5.74, 6) is 0.712. The molecular weight excluding hydrogens is 332 g/mol. The van der Waals surface area contributed by atoms with E-state index in [1.165, 1.54) is 0 Å². The van der Waals surface area contributed by atoms with E-state index in [4.69, 9.17) is 4.74 Å². The molecule has 0 aliphatic carbocycles. The minimum Gasteiger partial charge on any atom is -0.495 e. The zero-order chi connectivity index (χ0) is 17.2. The van der Waals surface area contributed by atoms with E-state index in [0.717, 1.165) is 45.1 Å². The second kappa shape index (κ2) is 6.69. The van der Waals surface area contributed by atoms with E-state index in [2.05, 4.69) is 11.1 Å².